The Bertz CT molecular complexity index is 583. The summed E-state index contributed by atoms with van der Waals surface area (Å²) in [5.74, 6) is -3.25. The number of anilines is 1. The number of benzene rings is 1. The molecule has 1 aliphatic rings. The molecule has 1 aromatic carbocycles. The van der Waals surface area contributed by atoms with Gasteiger partial charge in [0.05, 0.1) is 17.8 Å². The number of halogens is 3. The topological polar surface area (TPSA) is 66.8 Å². The molecule has 0 fully saturated rings. The number of rotatable bonds is 1. The summed E-state index contributed by atoms with van der Waals surface area (Å²) in [6, 6.07) is 2.49. The van der Waals surface area contributed by atoms with E-state index in [1.807, 2.05) is 0 Å². The van der Waals surface area contributed by atoms with Crippen LogP contribution in [0.1, 0.15) is 15.9 Å². The molecule has 0 saturated heterocycles. The molecule has 1 amide bonds. The second kappa shape index (κ2) is 4.69. The van der Waals surface area contributed by atoms with Crippen molar-refractivity contribution < 1.29 is 32.6 Å². The van der Waals surface area contributed by atoms with Gasteiger partial charge in [0.15, 0.2) is 0 Å². The molecule has 1 aliphatic heterocycles. The average Bonchev–Trinajstić information content (AvgIpc) is 2.36. The van der Waals surface area contributed by atoms with Gasteiger partial charge in [0.2, 0.25) is 0 Å². The van der Waals surface area contributed by atoms with Crippen LogP contribution >= 0.6 is 0 Å². The van der Waals surface area contributed by atoms with E-state index in [9.17, 15) is 22.8 Å². The Morgan fingerprint density at radius 2 is 2.00 bits per heavy atom. The molecule has 5 nitrogen and oxygen atoms in total. The maximum atomic E-state index is 12.6. The molecule has 108 valence electrons. The Balaban J connectivity index is 2.57. The van der Waals surface area contributed by atoms with Crippen LogP contribution in [0.5, 0.6) is 5.75 Å². The van der Waals surface area contributed by atoms with E-state index >= 15 is 0 Å². The van der Waals surface area contributed by atoms with Crippen LogP contribution in [-0.4, -0.2) is 36.3 Å². The van der Waals surface area contributed by atoms with E-state index in [1.165, 1.54) is 19.1 Å². The fourth-order valence-corrected chi connectivity index (χ4v) is 2.07. The highest BCUT2D eigenvalue weighted by Gasteiger charge is 2.45. The number of alkyl halides is 3. The summed E-state index contributed by atoms with van der Waals surface area (Å²) in [6.45, 7) is 0.976. The third-order valence-corrected chi connectivity index (χ3v) is 2.95. The lowest BCUT2D eigenvalue weighted by Gasteiger charge is -2.31. The first-order valence-electron chi connectivity index (χ1n) is 5.62. The van der Waals surface area contributed by atoms with Gasteiger partial charge in [0.1, 0.15) is 12.4 Å². The SMILES string of the molecule is Cc1c(C(=O)O)ccc2c1N(C(=O)C(F)(F)F)CCO2. The minimum Gasteiger partial charge on any atom is -0.490 e. The molecule has 0 bridgehead atoms. The van der Waals surface area contributed by atoms with E-state index < -0.39 is 18.1 Å². The lowest BCUT2D eigenvalue weighted by molar-refractivity contribution is -0.170. The summed E-state index contributed by atoms with van der Waals surface area (Å²) in [6.07, 6.45) is -5.03. The molecule has 0 saturated carbocycles. The van der Waals surface area contributed by atoms with E-state index in [0.717, 1.165) is 0 Å². The molecule has 0 aromatic heterocycles. The van der Waals surface area contributed by atoms with Gasteiger partial charge in [-0.15, -0.1) is 0 Å². The van der Waals surface area contributed by atoms with E-state index in [2.05, 4.69) is 0 Å². The first-order valence-corrected chi connectivity index (χ1v) is 5.62. The molecular weight excluding hydrogens is 279 g/mol. The highest BCUT2D eigenvalue weighted by atomic mass is 19.4. The molecule has 8 heteroatoms. The summed E-state index contributed by atoms with van der Waals surface area (Å²) in [5, 5.41) is 8.99. The predicted molar refractivity (Wildman–Crippen MR) is 62.0 cm³/mol. The number of carboxylic acid groups (broad SMARTS) is 1. The zero-order valence-corrected chi connectivity index (χ0v) is 10.3. The fourth-order valence-electron chi connectivity index (χ4n) is 2.07. The number of fused-ring (bicyclic) bond motifs is 1. The lowest BCUT2D eigenvalue weighted by atomic mass is 10.0. The van der Waals surface area contributed by atoms with E-state index in [1.54, 1.807) is 0 Å². The molecule has 0 aliphatic carbocycles. The predicted octanol–water partition coefficient (Wildman–Crippen LogP) is 1.98. The molecular formula is C12H10F3NO4. The van der Waals surface area contributed by atoms with Crippen molar-refractivity contribution in [3.8, 4) is 5.75 Å². The third-order valence-electron chi connectivity index (χ3n) is 2.95. The number of hydrogen-bond acceptors (Lipinski definition) is 3. The van der Waals surface area contributed by atoms with Gasteiger partial charge in [-0.25, -0.2) is 4.79 Å². The van der Waals surface area contributed by atoms with Gasteiger partial charge in [0, 0.05) is 0 Å². The minimum atomic E-state index is -5.03. The normalized spacial score (nSPS) is 14.5. The van der Waals surface area contributed by atoms with Gasteiger partial charge >= 0.3 is 18.1 Å². The number of carbonyl (C=O) groups is 2. The Morgan fingerprint density at radius 3 is 2.55 bits per heavy atom. The maximum absolute atomic E-state index is 12.6. The van der Waals surface area contributed by atoms with Crippen molar-refractivity contribution in [3.63, 3.8) is 0 Å². The largest absolute Gasteiger partial charge is 0.490 e. The molecule has 0 spiro atoms. The number of hydrogen-bond donors (Lipinski definition) is 1. The minimum absolute atomic E-state index is 0.0623. The van der Waals surface area contributed by atoms with Crippen molar-refractivity contribution >= 4 is 17.6 Å². The number of carboxylic acids is 1. The smallest absolute Gasteiger partial charge is 0.471 e. The first-order chi connectivity index (χ1) is 9.23. The second-order valence-electron chi connectivity index (χ2n) is 4.19. The molecule has 0 unspecified atom stereocenters. The van der Waals surface area contributed by atoms with Gasteiger partial charge in [-0.2, -0.15) is 13.2 Å². The summed E-state index contributed by atoms with van der Waals surface area (Å²) in [5.41, 5.74) is -0.250. The van der Waals surface area contributed by atoms with Gasteiger partial charge in [-0.1, -0.05) is 0 Å². The zero-order chi connectivity index (χ0) is 15.1. The van der Waals surface area contributed by atoms with Crippen LogP contribution in [0.3, 0.4) is 0 Å². The first kappa shape index (κ1) is 14.2. The molecule has 1 N–H and O–H groups in total. The van der Waals surface area contributed by atoms with Crippen molar-refractivity contribution in [2.45, 2.75) is 13.1 Å². The summed E-state index contributed by atoms with van der Waals surface area (Å²) in [7, 11) is 0. The van der Waals surface area contributed by atoms with Crippen molar-refractivity contribution in [3.05, 3.63) is 23.3 Å². The maximum Gasteiger partial charge on any atom is 0.471 e. The zero-order valence-electron chi connectivity index (χ0n) is 10.3. The standard InChI is InChI=1S/C12H10F3NO4/c1-6-7(10(17)18)2-3-8-9(6)16(4-5-20-8)11(19)12(13,14)15/h2-3H,4-5H2,1H3,(H,17,18). The Hall–Kier alpha value is -2.25. The molecule has 1 heterocycles. The second-order valence-corrected chi connectivity index (χ2v) is 4.19. The number of amides is 1. The van der Waals surface area contributed by atoms with Crippen LogP contribution in [0.4, 0.5) is 18.9 Å². The van der Waals surface area contributed by atoms with Crippen LogP contribution in [0.25, 0.3) is 0 Å². The van der Waals surface area contributed by atoms with Crippen molar-refractivity contribution in [1.29, 1.82) is 0 Å². The molecule has 2 rings (SSSR count). The number of nitrogens with zero attached hydrogens (tertiary/aromatic N) is 1. The number of aromatic carboxylic acids is 1. The summed E-state index contributed by atoms with van der Waals surface area (Å²) >= 11 is 0. The summed E-state index contributed by atoms with van der Waals surface area (Å²) < 4.78 is 42.9. The van der Waals surface area contributed by atoms with Gasteiger partial charge in [0.25, 0.3) is 0 Å². The Labute approximate surface area is 111 Å². The molecule has 0 radical (unpaired) electrons. The Kier molecular flexibility index (Phi) is 3.33. The fraction of sp³-hybridized carbons (Fsp3) is 0.333. The van der Waals surface area contributed by atoms with Crippen molar-refractivity contribution in [1.82, 2.24) is 0 Å². The monoisotopic (exact) mass is 289 g/mol. The molecule has 20 heavy (non-hydrogen) atoms. The summed E-state index contributed by atoms with van der Waals surface area (Å²) in [4.78, 5) is 22.9. The lowest BCUT2D eigenvalue weighted by Crippen LogP contribution is -2.45. The van der Waals surface area contributed by atoms with E-state index in [-0.39, 0.29) is 35.7 Å². The van der Waals surface area contributed by atoms with Crippen LogP contribution < -0.4 is 9.64 Å². The van der Waals surface area contributed by atoms with Crippen LogP contribution in [0.15, 0.2) is 12.1 Å². The Morgan fingerprint density at radius 1 is 1.35 bits per heavy atom. The van der Waals surface area contributed by atoms with E-state index in [4.69, 9.17) is 9.84 Å². The van der Waals surface area contributed by atoms with Gasteiger partial charge in [-0.3, -0.25) is 9.69 Å². The number of carbonyl (C=O) groups excluding carboxylic acids is 1. The van der Waals surface area contributed by atoms with Gasteiger partial charge < -0.3 is 9.84 Å². The quantitative estimate of drug-likeness (QED) is 0.858. The van der Waals surface area contributed by atoms with Crippen LogP contribution in [0, 0.1) is 6.92 Å². The molecule has 1 aromatic rings. The van der Waals surface area contributed by atoms with Gasteiger partial charge in [-0.05, 0) is 24.6 Å². The van der Waals surface area contributed by atoms with Crippen LogP contribution in [-0.2, 0) is 4.79 Å². The molecule has 0 atom stereocenters. The van der Waals surface area contributed by atoms with Crippen molar-refractivity contribution in [2.75, 3.05) is 18.1 Å². The van der Waals surface area contributed by atoms with Crippen molar-refractivity contribution in [2.24, 2.45) is 0 Å². The third kappa shape index (κ3) is 2.28. The van der Waals surface area contributed by atoms with Crippen LogP contribution in [0.2, 0.25) is 0 Å². The highest BCUT2D eigenvalue weighted by molar-refractivity contribution is 6.02. The average molecular weight is 289 g/mol. The highest BCUT2D eigenvalue weighted by Crippen LogP contribution is 2.38. The van der Waals surface area contributed by atoms with E-state index in [0.29, 0.717) is 4.90 Å². The number of ether oxygens (including phenoxy) is 1.